The van der Waals surface area contributed by atoms with Crippen LogP contribution in [0.3, 0.4) is 0 Å². The second-order valence-corrected chi connectivity index (χ2v) is 6.86. The first-order valence-corrected chi connectivity index (χ1v) is 8.56. The van der Waals surface area contributed by atoms with E-state index in [9.17, 15) is 9.59 Å². The first-order valence-electron chi connectivity index (χ1n) is 6.78. The van der Waals surface area contributed by atoms with Crippen LogP contribution in [0.1, 0.15) is 25.3 Å². The third-order valence-corrected chi connectivity index (χ3v) is 4.72. The van der Waals surface area contributed by atoms with Gasteiger partial charge in [-0.05, 0) is 43.5 Å². The van der Waals surface area contributed by atoms with E-state index in [1.807, 2.05) is 25.1 Å². The van der Waals surface area contributed by atoms with E-state index in [1.54, 1.807) is 6.92 Å². The molecule has 1 unspecified atom stereocenters. The Hall–Kier alpha value is -1.01. The summed E-state index contributed by atoms with van der Waals surface area (Å²) in [5.41, 5.74) is 1.14. The highest BCUT2D eigenvalue weighted by atomic mass is 79.9. The predicted molar refractivity (Wildman–Crippen MR) is 88.6 cm³/mol. The molecule has 1 rings (SSSR count). The Bertz CT molecular complexity index is 508. The molecule has 0 aliphatic heterocycles. The molecule has 0 heterocycles. The second-order valence-electron chi connectivity index (χ2n) is 4.93. The van der Waals surface area contributed by atoms with Crippen LogP contribution in [0.25, 0.3) is 0 Å². The summed E-state index contributed by atoms with van der Waals surface area (Å²) in [6, 6.07) is 5.97. The Labute approximate surface area is 137 Å². The van der Waals surface area contributed by atoms with Crippen molar-refractivity contribution in [2.75, 3.05) is 12.3 Å². The molecule has 116 valence electrons. The minimum Gasteiger partial charge on any atom is -0.481 e. The van der Waals surface area contributed by atoms with Crippen LogP contribution >= 0.6 is 27.7 Å². The van der Waals surface area contributed by atoms with E-state index in [0.717, 1.165) is 14.9 Å². The number of hydrogen-bond acceptors (Lipinski definition) is 3. The van der Waals surface area contributed by atoms with Gasteiger partial charge in [0.05, 0.1) is 11.7 Å². The summed E-state index contributed by atoms with van der Waals surface area (Å²) in [6.07, 6.45) is 1.26. The quantitative estimate of drug-likeness (QED) is 0.540. The lowest BCUT2D eigenvalue weighted by Crippen LogP contribution is -2.26. The molecule has 0 aliphatic rings. The lowest BCUT2D eigenvalue weighted by Gasteiger charge is -2.08. The van der Waals surface area contributed by atoms with Gasteiger partial charge in [0, 0.05) is 15.9 Å². The smallest absolute Gasteiger partial charge is 0.306 e. The number of hydrogen-bond donors (Lipinski definition) is 2. The highest BCUT2D eigenvalue weighted by Gasteiger charge is 2.10. The molecule has 0 bridgehead atoms. The van der Waals surface area contributed by atoms with Crippen LogP contribution in [-0.2, 0) is 9.59 Å². The number of carbonyl (C=O) groups is 2. The van der Waals surface area contributed by atoms with E-state index < -0.39 is 5.97 Å². The van der Waals surface area contributed by atoms with Gasteiger partial charge in [-0.3, -0.25) is 9.59 Å². The molecule has 0 aliphatic carbocycles. The monoisotopic (exact) mass is 373 g/mol. The summed E-state index contributed by atoms with van der Waals surface area (Å²) < 4.78 is 1.03. The zero-order chi connectivity index (χ0) is 15.8. The number of benzene rings is 1. The molecule has 0 fully saturated rings. The average Bonchev–Trinajstić information content (AvgIpc) is 2.42. The molecule has 0 saturated heterocycles. The molecular formula is C15H20BrNO3S. The molecule has 1 aromatic carbocycles. The number of halogens is 1. The largest absolute Gasteiger partial charge is 0.481 e. The van der Waals surface area contributed by atoms with Crippen LogP contribution in [0.15, 0.2) is 27.6 Å². The van der Waals surface area contributed by atoms with Crippen LogP contribution < -0.4 is 5.32 Å². The zero-order valence-electron chi connectivity index (χ0n) is 12.2. The van der Waals surface area contributed by atoms with Gasteiger partial charge in [0.15, 0.2) is 0 Å². The number of nitrogens with one attached hydrogen (secondary N) is 1. The van der Waals surface area contributed by atoms with Gasteiger partial charge in [-0.25, -0.2) is 0 Å². The molecule has 0 aromatic heterocycles. The van der Waals surface area contributed by atoms with Crippen LogP contribution in [0, 0.1) is 12.8 Å². The van der Waals surface area contributed by atoms with Crippen molar-refractivity contribution in [3.63, 3.8) is 0 Å². The van der Waals surface area contributed by atoms with Gasteiger partial charge in [0.1, 0.15) is 0 Å². The number of aryl methyl sites for hydroxylation is 1. The third-order valence-electron chi connectivity index (χ3n) is 3.05. The number of amides is 1. The lowest BCUT2D eigenvalue weighted by atomic mass is 10.1. The van der Waals surface area contributed by atoms with Gasteiger partial charge in [-0.15, -0.1) is 11.8 Å². The molecule has 0 radical (unpaired) electrons. The van der Waals surface area contributed by atoms with Crippen LogP contribution in [0.4, 0.5) is 0 Å². The van der Waals surface area contributed by atoms with Gasteiger partial charge in [-0.2, -0.15) is 0 Å². The fraction of sp³-hybridized carbons (Fsp3) is 0.467. The second kappa shape index (κ2) is 9.10. The van der Waals surface area contributed by atoms with Gasteiger partial charge in [0.25, 0.3) is 0 Å². The van der Waals surface area contributed by atoms with Crippen LogP contribution in [-0.4, -0.2) is 29.3 Å². The Balaban J connectivity index is 2.24. The van der Waals surface area contributed by atoms with Crippen molar-refractivity contribution >= 4 is 39.6 Å². The fourth-order valence-corrected chi connectivity index (χ4v) is 3.04. The lowest BCUT2D eigenvalue weighted by molar-refractivity contribution is -0.141. The predicted octanol–water partition coefficient (Wildman–Crippen LogP) is 3.47. The highest BCUT2D eigenvalue weighted by molar-refractivity contribution is 9.10. The first kappa shape index (κ1) is 18.0. The van der Waals surface area contributed by atoms with E-state index in [1.165, 1.54) is 11.8 Å². The fourth-order valence-electron chi connectivity index (χ4n) is 1.73. The van der Waals surface area contributed by atoms with Crippen molar-refractivity contribution in [2.24, 2.45) is 5.92 Å². The topological polar surface area (TPSA) is 66.4 Å². The number of carbonyl (C=O) groups excluding carboxylic acids is 1. The number of aliphatic carboxylic acids is 1. The summed E-state index contributed by atoms with van der Waals surface area (Å²) in [5, 5.41) is 11.6. The summed E-state index contributed by atoms with van der Waals surface area (Å²) in [4.78, 5) is 23.5. The Morgan fingerprint density at radius 1 is 1.43 bits per heavy atom. The highest BCUT2D eigenvalue weighted by Crippen LogP contribution is 2.25. The standard InChI is InChI=1S/C15H20BrNO3S/c1-10(15(19)20)4-3-7-17-14(18)9-21-13-6-5-12(16)8-11(13)2/h5-6,8,10H,3-4,7,9H2,1-2H3,(H,17,18)(H,19,20). The minimum absolute atomic E-state index is 0.0229. The van der Waals surface area contributed by atoms with E-state index in [2.05, 4.69) is 21.2 Å². The Morgan fingerprint density at radius 3 is 2.76 bits per heavy atom. The molecule has 4 nitrogen and oxygen atoms in total. The van der Waals surface area contributed by atoms with Gasteiger partial charge < -0.3 is 10.4 Å². The van der Waals surface area contributed by atoms with Gasteiger partial charge >= 0.3 is 5.97 Å². The van der Waals surface area contributed by atoms with E-state index in [-0.39, 0.29) is 11.8 Å². The van der Waals surface area contributed by atoms with E-state index >= 15 is 0 Å². The molecule has 2 N–H and O–H groups in total. The normalized spacial score (nSPS) is 12.0. The van der Waals surface area contributed by atoms with Gasteiger partial charge in [-0.1, -0.05) is 22.9 Å². The molecule has 1 amide bonds. The maximum absolute atomic E-state index is 11.7. The summed E-state index contributed by atoms with van der Waals surface area (Å²) in [5.74, 6) is -0.800. The zero-order valence-corrected chi connectivity index (χ0v) is 14.6. The van der Waals surface area contributed by atoms with E-state index in [0.29, 0.717) is 25.1 Å². The maximum Gasteiger partial charge on any atom is 0.306 e. The number of rotatable bonds is 8. The summed E-state index contributed by atoms with van der Waals surface area (Å²) in [7, 11) is 0. The third kappa shape index (κ3) is 7.00. The average molecular weight is 374 g/mol. The van der Waals surface area contributed by atoms with Crippen molar-refractivity contribution in [3.05, 3.63) is 28.2 Å². The molecule has 0 spiro atoms. The number of carboxylic acid groups (broad SMARTS) is 1. The molecular weight excluding hydrogens is 354 g/mol. The van der Waals surface area contributed by atoms with Crippen molar-refractivity contribution in [3.8, 4) is 0 Å². The number of thioether (sulfide) groups is 1. The molecule has 1 atom stereocenters. The van der Waals surface area contributed by atoms with Crippen LogP contribution in [0.5, 0.6) is 0 Å². The molecule has 0 saturated carbocycles. The number of carboxylic acids is 1. The van der Waals surface area contributed by atoms with Gasteiger partial charge in [0.2, 0.25) is 5.91 Å². The molecule has 1 aromatic rings. The Morgan fingerprint density at radius 2 is 2.14 bits per heavy atom. The SMILES string of the molecule is Cc1cc(Br)ccc1SCC(=O)NCCCC(C)C(=O)O. The minimum atomic E-state index is -0.789. The summed E-state index contributed by atoms with van der Waals surface area (Å²) >= 11 is 4.92. The molecule has 6 heteroatoms. The summed E-state index contributed by atoms with van der Waals surface area (Å²) in [6.45, 7) is 4.21. The Kier molecular flexibility index (Phi) is 7.82. The van der Waals surface area contributed by atoms with Crippen molar-refractivity contribution in [2.45, 2.75) is 31.6 Å². The first-order chi connectivity index (χ1) is 9.90. The molecule has 21 heavy (non-hydrogen) atoms. The van der Waals surface area contributed by atoms with E-state index in [4.69, 9.17) is 5.11 Å². The van der Waals surface area contributed by atoms with Crippen molar-refractivity contribution < 1.29 is 14.7 Å². The van der Waals surface area contributed by atoms with Crippen LogP contribution in [0.2, 0.25) is 0 Å². The van der Waals surface area contributed by atoms with Crippen molar-refractivity contribution in [1.82, 2.24) is 5.32 Å². The van der Waals surface area contributed by atoms with Crippen molar-refractivity contribution in [1.29, 1.82) is 0 Å². The maximum atomic E-state index is 11.7.